The molecule has 0 radical (unpaired) electrons. The van der Waals surface area contributed by atoms with Gasteiger partial charge in [0.1, 0.15) is 11.6 Å². The van der Waals surface area contributed by atoms with Gasteiger partial charge in [-0.05, 0) is 52.3 Å². The SMILES string of the molecule is O=S(=O)(Nc1cc(Sc2cccc3cccnc23)c(O)c2ccccc12)c1ccc(Br)c(F)c1. The van der Waals surface area contributed by atoms with Crippen LogP contribution in [0.25, 0.3) is 21.7 Å². The number of fused-ring (bicyclic) bond motifs is 2. The number of aromatic nitrogens is 1. The minimum Gasteiger partial charge on any atom is -0.506 e. The summed E-state index contributed by atoms with van der Waals surface area (Å²) >= 11 is 4.32. The first-order valence-corrected chi connectivity index (χ1v) is 13.2. The summed E-state index contributed by atoms with van der Waals surface area (Å²) in [6.45, 7) is 0. The fourth-order valence-corrected chi connectivity index (χ4v) is 5.98. The molecule has 0 spiro atoms. The number of halogens is 2. The van der Waals surface area contributed by atoms with E-state index in [0.29, 0.717) is 15.7 Å². The number of benzene rings is 4. The lowest BCUT2D eigenvalue weighted by molar-refractivity contribution is 0.469. The van der Waals surface area contributed by atoms with Crippen molar-refractivity contribution in [2.24, 2.45) is 0 Å². The van der Waals surface area contributed by atoms with Crippen LogP contribution in [0.4, 0.5) is 10.1 Å². The third-order valence-electron chi connectivity index (χ3n) is 5.24. The van der Waals surface area contributed by atoms with Gasteiger partial charge in [0.05, 0.1) is 25.5 Å². The summed E-state index contributed by atoms with van der Waals surface area (Å²) < 4.78 is 42.9. The highest BCUT2D eigenvalue weighted by molar-refractivity contribution is 9.10. The molecule has 0 aliphatic heterocycles. The van der Waals surface area contributed by atoms with Crippen LogP contribution in [0.15, 0.2) is 104 Å². The molecule has 170 valence electrons. The smallest absolute Gasteiger partial charge is 0.262 e. The van der Waals surface area contributed by atoms with Crippen molar-refractivity contribution in [3.05, 3.63) is 95.3 Å². The zero-order valence-corrected chi connectivity index (χ0v) is 20.6. The number of anilines is 1. The van der Waals surface area contributed by atoms with Crippen LogP contribution in [-0.2, 0) is 10.0 Å². The van der Waals surface area contributed by atoms with Crippen molar-refractivity contribution in [1.29, 1.82) is 0 Å². The van der Waals surface area contributed by atoms with Crippen molar-refractivity contribution in [3.8, 4) is 5.75 Å². The molecule has 0 unspecified atom stereocenters. The Bertz CT molecular complexity index is 1670. The van der Waals surface area contributed by atoms with E-state index in [9.17, 15) is 17.9 Å². The summed E-state index contributed by atoms with van der Waals surface area (Å²) in [5.74, 6) is -0.649. The van der Waals surface area contributed by atoms with Gasteiger partial charge in [0.2, 0.25) is 0 Å². The number of pyridine rings is 1. The van der Waals surface area contributed by atoms with Crippen molar-refractivity contribution in [2.45, 2.75) is 14.7 Å². The van der Waals surface area contributed by atoms with Crippen molar-refractivity contribution < 1.29 is 17.9 Å². The maximum atomic E-state index is 14.0. The average molecular weight is 555 g/mol. The first-order chi connectivity index (χ1) is 16.3. The number of phenols is 1. The molecule has 5 aromatic rings. The van der Waals surface area contributed by atoms with Gasteiger partial charge in [-0.1, -0.05) is 54.2 Å². The second-order valence-electron chi connectivity index (χ2n) is 7.43. The molecule has 0 aliphatic carbocycles. The largest absolute Gasteiger partial charge is 0.506 e. The molecule has 5 rings (SSSR count). The van der Waals surface area contributed by atoms with E-state index in [1.54, 1.807) is 36.5 Å². The van der Waals surface area contributed by atoms with Crippen molar-refractivity contribution >= 4 is 65.1 Å². The lowest BCUT2D eigenvalue weighted by atomic mass is 10.1. The van der Waals surface area contributed by atoms with E-state index in [2.05, 4.69) is 25.6 Å². The Hall–Kier alpha value is -3.14. The van der Waals surface area contributed by atoms with Crippen molar-refractivity contribution in [1.82, 2.24) is 4.98 Å². The maximum absolute atomic E-state index is 14.0. The lowest BCUT2D eigenvalue weighted by Gasteiger charge is -2.15. The first kappa shape index (κ1) is 22.6. The number of rotatable bonds is 5. The zero-order chi connectivity index (χ0) is 23.9. The monoisotopic (exact) mass is 554 g/mol. The number of hydrogen-bond donors (Lipinski definition) is 2. The number of nitrogens with zero attached hydrogens (tertiary/aromatic N) is 1. The predicted octanol–water partition coefficient (Wildman–Crippen LogP) is 6.95. The summed E-state index contributed by atoms with van der Waals surface area (Å²) in [5, 5.41) is 13.0. The highest BCUT2D eigenvalue weighted by atomic mass is 79.9. The molecule has 0 saturated heterocycles. The number of para-hydroxylation sites is 1. The number of sulfonamides is 1. The predicted molar refractivity (Wildman–Crippen MR) is 136 cm³/mol. The lowest BCUT2D eigenvalue weighted by Crippen LogP contribution is -2.13. The summed E-state index contributed by atoms with van der Waals surface area (Å²) in [4.78, 5) is 5.51. The molecule has 1 aromatic heterocycles. The number of phenolic OH excluding ortho intramolecular Hbond substituents is 1. The Morgan fingerprint density at radius 2 is 1.68 bits per heavy atom. The van der Waals surface area contributed by atoms with Gasteiger partial charge in [-0.15, -0.1) is 0 Å². The topological polar surface area (TPSA) is 79.3 Å². The Morgan fingerprint density at radius 1 is 0.912 bits per heavy atom. The van der Waals surface area contributed by atoms with Gasteiger partial charge in [0.15, 0.2) is 0 Å². The van der Waals surface area contributed by atoms with Crippen molar-refractivity contribution in [2.75, 3.05) is 4.72 Å². The van der Waals surface area contributed by atoms with E-state index >= 15 is 0 Å². The van der Waals surface area contributed by atoms with Gasteiger partial charge in [0, 0.05) is 27.3 Å². The highest BCUT2D eigenvalue weighted by Crippen LogP contribution is 2.44. The summed E-state index contributed by atoms with van der Waals surface area (Å²) in [6, 6.07) is 21.7. The van der Waals surface area contributed by atoms with Crippen LogP contribution in [0.5, 0.6) is 5.75 Å². The first-order valence-electron chi connectivity index (χ1n) is 10.1. The van der Waals surface area contributed by atoms with Gasteiger partial charge in [-0.2, -0.15) is 0 Å². The minimum absolute atomic E-state index is 0.0335. The Labute approximate surface area is 207 Å². The fourth-order valence-electron chi connectivity index (χ4n) is 3.62. The van der Waals surface area contributed by atoms with Gasteiger partial charge < -0.3 is 5.11 Å². The number of hydrogen-bond acceptors (Lipinski definition) is 5. The zero-order valence-electron chi connectivity index (χ0n) is 17.4. The van der Waals surface area contributed by atoms with Gasteiger partial charge in [-0.3, -0.25) is 9.71 Å². The second kappa shape index (κ2) is 8.90. The summed E-state index contributed by atoms with van der Waals surface area (Å²) in [5.41, 5.74) is 1.04. The third-order valence-corrected chi connectivity index (χ3v) is 8.33. The van der Waals surface area contributed by atoms with E-state index in [-0.39, 0.29) is 20.8 Å². The van der Waals surface area contributed by atoms with Crippen LogP contribution >= 0.6 is 27.7 Å². The summed E-state index contributed by atoms with van der Waals surface area (Å²) in [7, 11) is -4.10. The molecule has 5 nitrogen and oxygen atoms in total. The standard InChI is InChI=1S/C25H16BrFN2O3S2/c26-19-11-10-16(13-20(19)27)34(31,32)29-21-14-23(25(30)18-8-2-1-7-17(18)21)33-22-9-3-5-15-6-4-12-28-24(15)22/h1-14,29-30H. The molecular weight excluding hydrogens is 539 g/mol. The van der Waals surface area contributed by atoms with E-state index < -0.39 is 15.8 Å². The minimum atomic E-state index is -4.10. The molecule has 0 bridgehead atoms. The van der Waals surface area contributed by atoms with Gasteiger partial charge in [0.25, 0.3) is 10.0 Å². The molecule has 9 heteroatoms. The van der Waals surface area contributed by atoms with E-state index in [0.717, 1.165) is 21.9 Å². The third kappa shape index (κ3) is 4.22. The molecule has 1 heterocycles. The highest BCUT2D eigenvalue weighted by Gasteiger charge is 2.20. The molecule has 0 amide bonds. The Kier molecular flexibility index (Phi) is 5.93. The van der Waals surface area contributed by atoms with E-state index in [4.69, 9.17) is 0 Å². The van der Waals surface area contributed by atoms with Crippen LogP contribution in [-0.4, -0.2) is 18.5 Å². The number of nitrogens with one attached hydrogen (secondary N) is 1. The Morgan fingerprint density at radius 3 is 2.47 bits per heavy atom. The number of aromatic hydroxyl groups is 1. The molecule has 2 N–H and O–H groups in total. The molecule has 0 aliphatic rings. The maximum Gasteiger partial charge on any atom is 0.262 e. The van der Waals surface area contributed by atoms with Gasteiger partial charge in [-0.25, -0.2) is 12.8 Å². The van der Waals surface area contributed by atoms with E-state index in [1.807, 2.05) is 30.3 Å². The fraction of sp³-hybridized carbons (Fsp3) is 0. The van der Waals surface area contributed by atoms with Crippen LogP contribution in [0, 0.1) is 5.82 Å². The molecule has 0 saturated carbocycles. The molecule has 4 aromatic carbocycles. The average Bonchev–Trinajstić information content (AvgIpc) is 2.84. The molecular formula is C25H16BrFN2O3S2. The van der Waals surface area contributed by atoms with Gasteiger partial charge >= 0.3 is 0 Å². The molecule has 0 fully saturated rings. The van der Waals surface area contributed by atoms with Crippen LogP contribution in [0.1, 0.15) is 0 Å². The Balaban J connectivity index is 1.62. The van der Waals surface area contributed by atoms with Crippen LogP contribution < -0.4 is 4.72 Å². The van der Waals surface area contributed by atoms with Crippen molar-refractivity contribution in [3.63, 3.8) is 0 Å². The molecule has 0 atom stereocenters. The second-order valence-corrected chi connectivity index (χ2v) is 11.1. The molecule has 34 heavy (non-hydrogen) atoms. The van der Waals surface area contributed by atoms with Crippen LogP contribution in [0.2, 0.25) is 0 Å². The quantitative estimate of drug-likeness (QED) is 0.230. The normalized spacial score (nSPS) is 11.7. The van der Waals surface area contributed by atoms with E-state index in [1.165, 1.54) is 23.9 Å². The van der Waals surface area contributed by atoms with Crippen LogP contribution in [0.3, 0.4) is 0 Å². The summed E-state index contributed by atoms with van der Waals surface area (Å²) in [6.07, 6.45) is 1.70.